The maximum Gasteiger partial charge on any atom is 0.261 e. The van der Waals surface area contributed by atoms with Crippen LogP contribution in [0.5, 0.6) is 0 Å². The van der Waals surface area contributed by atoms with Gasteiger partial charge in [-0.1, -0.05) is 43.7 Å². The summed E-state index contributed by atoms with van der Waals surface area (Å²) in [6.07, 6.45) is 1.89. The summed E-state index contributed by atoms with van der Waals surface area (Å²) >= 11 is 0. The summed E-state index contributed by atoms with van der Waals surface area (Å²) in [6, 6.07) is 14.0. The average Bonchev–Trinajstić information content (AvgIpc) is 2.87. The summed E-state index contributed by atoms with van der Waals surface area (Å²) in [4.78, 5) is 38.5. The van der Waals surface area contributed by atoms with Gasteiger partial charge in [0.2, 0.25) is 0 Å². The zero-order valence-corrected chi connectivity index (χ0v) is 14.1. The van der Waals surface area contributed by atoms with Gasteiger partial charge in [0.1, 0.15) is 0 Å². The number of hydrogen-bond donors (Lipinski definition) is 1. The number of nitrogens with zero attached hydrogens (tertiary/aromatic N) is 1. The van der Waals surface area contributed by atoms with Crippen molar-refractivity contribution < 1.29 is 14.4 Å². The first-order valence-corrected chi connectivity index (χ1v) is 8.44. The standard InChI is InChI=1S/C20H20N2O3/c1-2-3-11-21-18(23)15-9-10-16-17(12-15)20(25)22(19(16)24)13-14-7-5-4-6-8-14/h4-10,12H,2-3,11,13H2,1H3,(H,21,23). The number of benzene rings is 2. The molecule has 0 bridgehead atoms. The predicted molar refractivity (Wildman–Crippen MR) is 94.3 cm³/mol. The highest BCUT2D eigenvalue weighted by Gasteiger charge is 2.35. The zero-order valence-electron chi connectivity index (χ0n) is 14.1. The number of rotatable bonds is 6. The maximum atomic E-state index is 12.6. The molecule has 2 aromatic rings. The Morgan fingerprint density at radius 3 is 2.44 bits per heavy atom. The van der Waals surface area contributed by atoms with Crippen molar-refractivity contribution in [2.24, 2.45) is 0 Å². The van der Waals surface area contributed by atoms with E-state index in [1.165, 1.54) is 11.0 Å². The molecule has 3 rings (SSSR count). The molecule has 5 nitrogen and oxygen atoms in total. The van der Waals surface area contributed by atoms with Crippen LogP contribution in [0.1, 0.15) is 56.4 Å². The van der Waals surface area contributed by atoms with E-state index in [2.05, 4.69) is 5.32 Å². The van der Waals surface area contributed by atoms with E-state index in [9.17, 15) is 14.4 Å². The van der Waals surface area contributed by atoms with Crippen LogP contribution in [0.25, 0.3) is 0 Å². The van der Waals surface area contributed by atoms with Crippen molar-refractivity contribution in [3.63, 3.8) is 0 Å². The lowest BCUT2D eigenvalue weighted by atomic mass is 10.1. The lowest BCUT2D eigenvalue weighted by Gasteiger charge is -2.13. The van der Waals surface area contributed by atoms with E-state index >= 15 is 0 Å². The Balaban J connectivity index is 1.79. The van der Waals surface area contributed by atoms with E-state index < -0.39 is 0 Å². The molecule has 1 aliphatic heterocycles. The number of carbonyl (C=O) groups is 3. The largest absolute Gasteiger partial charge is 0.352 e. The van der Waals surface area contributed by atoms with Crippen molar-refractivity contribution >= 4 is 17.7 Å². The molecule has 0 saturated heterocycles. The van der Waals surface area contributed by atoms with E-state index in [1.54, 1.807) is 12.1 Å². The van der Waals surface area contributed by atoms with Crippen molar-refractivity contribution in [1.29, 1.82) is 0 Å². The number of unbranched alkanes of at least 4 members (excludes halogenated alkanes) is 1. The van der Waals surface area contributed by atoms with Gasteiger partial charge in [-0.15, -0.1) is 0 Å². The summed E-state index contributed by atoms with van der Waals surface area (Å²) in [5.41, 5.74) is 1.93. The van der Waals surface area contributed by atoms with E-state index in [4.69, 9.17) is 0 Å². The molecular weight excluding hydrogens is 316 g/mol. The molecule has 1 aliphatic rings. The predicted octanol–water partition coefficient (Wildman–Crippen LogP) is 3.01. The molecule has 25 heavy (non-hydrogen) atoms. The first-order chi connectivity index (χ1) is 12.1. The molecule has 5 heteroatoms. The van der Waals surface area contributed by atoms with Gasteiger partial charge < -0.3 is 5.32 Å². The van der Waals surface area contributed by atoms with Gasteiger partial charge in [-0.2, -0.15) is 0 Å². The van der Waals surface area contributed by atoms with Gasteiger partial charge in [0.05, 0.1) is 17.7 Å². The molecule has 0 unspecified atom stereocenters. The van der Waals surface area contributed by atoms with Crippen molar-refractivity contribution in [2.45, 2.75) is 26.3 Å². The molecule has 0 aromatic heterocycles. The molecule has 1 N–H and O–H groups in total. The number of amides is 3. The molecule has 1 heterocycles. The summed E-state index contributed by atoms with van der Waals surface area (Å²) < 4.78 is 0. The molecule has 0 fully saturated rings. The van der Waals surface area contributed by atoms with Gasteiger partial charge in [0.15, 0.2) is 0 Å². The number of nitrogens with one attached hydrogen (secondary N) is 1. The lowest BCUT2D eigenvalue weighted by Crippen LogP contribution is -2.29. The monoisotopic (exact) mass is 336 g/mol. The van der Waals surface area contributed by atoms with E-state index in [-0.39, 0.29) is 24.3 Å². The molecule has 0 radical (unpaired) electrons. The molecule has 0 spiro atoms. The van der Waals surface area contributed by atoms with Crippen molar-refractivity contribution in [2.75, 3.05) is 6.54 Å². The number of carbonyl (C=O) groups excluding carboxylic acids is 3. The summed E-state index contributed by atoms with van der Waals surface area (Å²) in [6.45, 7) is 2.87. The van der Waals surface area contributed by atoms with Crippen molar-refractivity contribution in [3.05, 3.63) is 70.8 Å². The average molecular weight is 336 g/mol. The van der Waals surface area contributed by atoms with Crippen LogP contribution >= 0.6 is 0 Å². The number of hydrogen-bond acceptors (Lipinski definition) is 3. The van der Waals surface area contributed by atoms with Gasteiger partial charge in [0.25, 0.3) is 17.7 Å². The minimum absolute atomic E-state index is 0.224. The Hall–Kier alpha value is -2.95. The van der Waals surface area contributed by atoms with Crippen LogP contribution in [0.4, 0.5) is 0 Å². The first kappa shape index (κ1) is 16.9. The van der Waals surface area contributed by atoms with Crippen molar-refractivity contribution in [3.8, 4) is 0 Å². The van der Waals surface area contributed by atoms with Crippen molar-refractivity contribution in [1.82, 2.24) is 10.2 Å². The normalized spacial score (nSPS) is 13.1. The topological polar surface area (TPSA) is 66.5 Å². The maximum absolute atomic E-state index is 12.6. The van der Waals surface area contributed by atoms with Crippen LogP contribution in [-0.2, 0) is 6.54 Å². The van der Waals surface area contributed by atoms with E-state index in [0.29, 0.717) is 23.2 Å². The smallest absolute Gasteiger partial charge is 0.261 e. The summed E-state index contributed by atoms with van der Waals surface area (Å²) in [5, 5.41) is 2.82. The van der Waals surface area contributed by atoms with Crippen LogP contribution in [0.2, 0.25) is 0 Å². The minimum atomic E-state index is -0.355. The van der Waals surface area contributed by atoms with E-state index in [0.717, 1.165) is 18.4 Å². The second kappa shape index (κ2) is 7.30. The third kappa shape index (κ3) is 3.45. The zero-order chi connectivity index (χ0) is 17.8. The van der Waals surface area contributed by atoms with Gasteiger partial charge in [-0.3, -0.25) is 19.3 Å². The first-order valence-electron chi connectivity index (χ1n) is 8.44. The van der Waals surface area contributed by atoms with Crippen LogP contribution < -0.4 is 5.32 Å². The van der Waals surface area contributed by atoms with Crippen LogP contribution in [-0.4, -0.2) is 29.2 Å². The summed E-state index contributed by atoms with van der Waals surface area (Å²) in [5.74, 6) is -0.896. The SMILES string of the molecule is CCCCNC(=O)c1ccc2c(c1)C(=O)N(Cc1ccccc1)C2=O. The van der Waals surface area contributed by atoms with Gasteiger partial charge in [-0.25, -0.2) is 0 Å². The highest BCUT2D eigenvalue weighted by molar-refractivity contribution is 6.22. The fourth-order valence-electron chi connectivity index (χ4n) is 2.82. The molecule has 2 aromatic carbocycles. The van der Waals surface area contributed by atoms with E-state index in [1.807, 2.05) is 37.3 Å². The van der Waals surface area contributed by atoms with Crippen LogP contribution in [0.15, 0.2) is 48.5 Å². The summed E-state index contributed by atoms with van der Waals surface area (Å²) in [7, 11) is 0. The lowest BCUT2D eigenvalue weighted by molar-refractivity contribution is 0.0642. The molecule has 0 aliphatic carbocycles. The quantitative estimate of drug-likeness (QED) is 0.651. The third-order valence-corrected chi connectivity index (χ3v) is 4.23. The van der Waals surface area contributed by atoms with Gasteiger partial charge >= 0.3 is 0 Å². The Kier molecular flexibility index (Phi) is 4.93. The van der Waals surface area contributed by atoms with Crippen LogP contribution in [0.3, 0.4) is 0 Å². The van der Waals surface area contributed by atoms with Gasteiger partial charge in [0, 0.05) is 12.1 Å². The van der Waals surface area contributed by atoms with Gasteiger partial charge in [-0.05, 0) is 30.2 Å². The minimum Gasteiger partial charge on any atom is -0.352 e. The molecule has 128 valence electrons. The molecular formula is C20H20N2O3. The Morgan fingerprint density at radius 2 is 1.72 bits per heavy atom. The molecule has 0 saturated carbocycles. The Labute approximate surface area is 146 Å². The molecule has 0 atom stereocenters. The Morgan fingerprint density at radius 1 is 1.00 bits per heavy atom. The fourth-order valence-corrected chi connectivity index (χ4v) is 2.82. The fraction of sp³-hybridized carbons (Fsp3) is 0.250. The highest BCUT2D eigenvalue weighted by atomic mass is 16.2. The molecule has 3 amide bonds. The number of imide groups is 1. The van der Waals surface area contributed by atoms with Crippen LogP contribution in [0, 0.1) is 0 Å². The second-order valence-electron chi connectivity index (χ2n) is 6.05. The third-order valence-electron chi connectivity index (χ3n) is 4.23. The highest BCUT2D eigenvalue weighted by Crippen LogP contribution is 2.25. The number of fused-ring (bicyclic) bond motifs is 1. The Bertz CT molecular complexity index is 815. The second-order valence-corrected chi connectivity index (χ2v) is 6.05.